The highest BCUT2D eigenvalue weighted by molar-refractivity contribution is 8.15. The van der Waals surface area contributed by atoms with Crippen molar-refractivity contribution in [3.05, 3.63) is 35.4 Å². The van der Waals surface area contributed by atoms with Crippen LogP contribution in [0.2, 0.25) is 0 Å². The standard InChI is InChI=1S/C14H14N2O2S/c1-8-7-15-11-5-3-2-4-9(11)10(8)6-12-13(17)16-14(18)19-12/h2-5,12,15H,6-7H2,1H3,(H,16,17,18). The fourth-order valence-corrected chi connectivity index (χ4v) is 3.30. The molecule has 0 spiro atoms. The van der Waals surface area contributed by atoms with Gasteiger partial charge in [-0.1, -0.05) is 35.5 Å². The third-order valence-corrected chi connectivity index (χ3v) is 4.45. The number of carbonyl (C=O) groups is 2. The first-order valence-corrected chi connectivity index (χ1v) is 7.06. The van der Waals surface area contributed by atoms with Gasteiger partial charge in [0.25, 0.3) is 5.24 Å². The van der Waals surface area contributed by atoms with E-state index in [1.165, 1.54) is 11.1 Å². The first kappa shape index (κ1) is 12.3. The van der Waals surface area contributed by atoms with Gasteiger partial charge in [0, 0.05) is 17.8 Å². The Bertz CT molecular complexity index is 595. The maximum absolute atomic E-state index is 11.7. The van der Waals surface area contributed by atoms with Crippen LogP contribution in [-0.4, -0.2) is 22.9 Å². The van der Waals surface area contributed by atoms with Gasteiger partial charge in [0.15, 0.2) is 0 Å². The number of rotatable bonds is 2. The smallest absolute Gasteiger partial charge is 0.286 e. The van der Waals surface area contributed by atoms with Gasteiger partial charge in [-0.05, 0) is 25.0 Å². The quantitative estimate of drug-likeness (QED) is 0.870. The average Bonchev–Trinajstić information content (AvgIpc) is 2.71. The summed E-state index contributed by atoms with van der Waals surface area (Å²) < 4.78 is 0. The molecule has 19 heavy (non-hydrogen) atoms. The second-order valence-corrected chi connectivity index (χ2v) is 5.92. The number of allylic oxidation sites excluding steroid dienone is 1. The van der Waals surface area contributed by atoms with Crippen molar-refractivity contribution in [3.63, 3.8) is 0 Å². The Labute approximate surface area is 115 Å². The molecule has 2 heterocycles. The molecule has 3 rings (SSSR count). The predicted molar refractivity (Wildman–Crippen MR) is 77.1 cm³/mol. The van der Waals surface area contributed by atoms with Gasteiger partial charge in [0.2, 0.25) is 5.91 Å². The fraction of sp³-hybridized carbons (Fsp3) is 0.286. The minimum atomic E-state index is -0.302. The van der Waals surface area contributed by atoms with Crippen molar-refractivity contribution in [3.8, 4) is 0 Å². The van der Waals surface area contributed by atoms with Crippen molar-refractivity contribution in [1.82, 2.24) is 5.32 Å². The number of para-hydroxylation sites is 1. The number of thioether (sulfide) groups is 1. The van der Waals surface area contributed by atoms with Crippen LogP contribution in [0.1, 0.15) is 18.9 Å². The lowest BCUT2D eigenvalue weighted by Crippen LogP contribution is -2.25. The minimum absolute atomic E-state index is 0.175. The van der Waals surface area contributed by atoms with Crippen molar-refractivity contribution in [2.24, 2.45) is 0 Å². The van der Waals surface area contributed by atoms with Gasteiger partial charge in [0.05, 0.1) is 5.25 Å². The van der Waals surface area contributed by atoms with Gasteiger partial charge in [-0.15, -0.1) is 0 Å². The summed E-state index contributed by atoms with van der Waals surface area (Å²) in [7, 11) is 0. The maximum Gasteiger partial charge on any atom is 0.286 e. The molecule has 1 aromatic rings. The van der Waals surface area contributed by atoms with Gasteiger partial charge >= 0.3 is 0 Å². The highest BCUT2D eigenvalue weighted by atomic mass is 32.2. The first-order chi connectivity index (χ1) is 9.15. The van der Waals surface area contributed by atoms with Crippen LogP contribution in [0.4, 0.5) is 10.5 Å². The zero-order valence-electron chi connectivity index (χ0n) is 10.5. The Balaban J connectivity index is 1.91. The molecular formula is C14H14N2O2S. The molecule has 2 N–H and O–H groups in total. The van der Waals surface area contributed by atoms with Crippen molar-refractivity contribution in [2.45, 2.75) is 18.6 Å². The van der Waals surface area contributed by atoms with E-state index in [0.29, 0.717) is 6.42 Å². The van der Waals surface area contributed by atoms with E-state index in [1.54, 1.807) is 0 Å². The van der Waals surface area contributed by atoms with E-state index in [1.807, 2.05) is 18.2 Å². The lowest BCUT2D eigenvalue weighted by Gasteiger charge is -2.24. The molecule has 4 nitrogen and oxygen atoms in total. The third-order valence-electron chi connectivity index (χ3n) is 3.47. The minimum Gasteiger partial charge on any atom is -0.381 e. The molecule has 0 aromatic heterocycles. The Morgan fingerprint density at radius 2 is 2.11 bits per heavy atom. The van der Waals surface area contributed by atoms with Crippen LogP contribution in [0, 0.1) is 0 Å². The van der Waals surface area contributed by atoms with Crippen molar-refractivity contribution < 1.29 is 9.59 Å². The molecule has 0 saturated carbocycles. The van der Waals surface area contributed by atoms with Crippen LogP contribution in [-0.2, 0) is 4.79 Å². The van der Waals surface area contributed by atoms with E-state index < -0.39 is 0 Å². The molecule has 1 unspecified atom stereocenters. The normalized spacial score (nSPS) is 22.1. The van der Waals surface area contributed by atoms with Crippen LogP contribution in [0.15, 0.2) is 29.8 Å². The van der Waals surface area contributed by atoms with E-state index in [-0.39, 0.29) is 16.4 Å². The Morgan fingerprint density at radius 3 is 2.84 bits per heavy atom. The van der Waals surface area contributed by atoms with Crippen LogP contribution in [0.25, 0.3) is 5.57 Å². The van der Waals surface area contributed by atoms with Crippen LogP contribution >= 0.6 is 11.8 Å². The van der Waals surface area contributed by atoms with Gasteiger partial charge < -0.3 is 5.32 Å². The monoisotopic (exact) mass is 274 g/mol. The van der Waals surface area contributed by atoms with Gasteiger partial charge in [0.1, 0.15) is 0 Å². The summed E-state index contributed by atoms with van der Waals surface area (Å²) in [5.41, 5.74) is 4.64. The summed E-state index contributed by atoms with van der Waals surface area (Å²) in [6.45, 7) is 2.86. The number of imide groups is 1. The number of fused-ring (bicyclic) bond motifs is 1. The second kappa shape index (κ2) is 4.74. The maximum atomic E-state index is 11.7. The van der Waals surface area contributed by atoms with Crippen LogP contribution in [0.5, 0.6) is 0 Å². The second-order valence-electron chi connectivity index (χ2n) is 4.75. The third kappa shape index (κ3) is 2.26. The lowest BCUT2D eigenvalue weighted by atomic mass is 9.92. The average molecular weight is 274 g/mol. The molecule has 2 aliphatic heterocycles. The highest BCUT2D eigenvalue weighted by Crippen LogP contribution is 2.37. The van der Waals surface area contributed by atoms with Crippen molar-refractivity contribution in [2.75, 3.05) is 11.9 Å². The highest BCUT2D eigenvalue weighted by Gasteiger charge is 2.33. The van der Waals surface area contributed by atoms with Gasteiger partial charge in [-0.3, -0.25) is 14.9 Å². The number of anilines is 1. The largest absolute Gasteiger partial charge is 0.381 e. The molecule has 2 aliphatic rings. The van der Waals surface area contributed by atoms with E-state index >= 15 is 0 Å². The summed E-state index contributed by atoms with van der Waals surface area (Å²) in [5.74, 6) is -0.175. The topological polar surface area (TPSA) is 58.2 Å². The van der Waals surface area contributed by atoms with Gasteiger partial charge in [-0.25, -0.2) is 0 Å². The molecule has 0 radical (unpaired) electrons. The molecule has 0 bridgehead atoms. The summed E-state index contributed by atoms with van der Waals surface area (Å²) in [6.07, 6.45) is 0.604. The molecule has 1 aromatic carbocycles. The van der Waals surface area contributed by atoms with E-state index in [4.69, 9.17) is 0 Å². The van der Waals surface area contributed by atoms with Gasteiger partial charge in [-0.2, -0.15) is 0 Å². The number of benzene rings is 1. The number of hydrogen-bond acceptors (Lipinski definition) is 4. The Kier molecular flexibility index (Phi) is 3.06. The summed E-state index contributed by atoms with van der Waals surface area (Å²) in [4.78, 5) is 22.9. The Hall–Kier alpha value is -1.75. The lowest BCUT2D eigenvalue weighted by molar-refractivity contribution is -0.118. The van der Waals surface area contributed by atoms with Crippen molar-refractivity contribution >= 4 is 34.2 Å². The number of amides is 2. The van der Waals surface area contributed by atoms with E-state index in [9.17, 15) is 9.59 Å². The molecule has 2 amide bonds. The first-order valence-electron chi connectivity index (χ1n) is 6.18. The molecule has 0 aliphatic carbocycles. The van der Waals surface area contributed by atoms with E-state index in [2.05, 4.69) is 23.6 Å². The fourth-order valence-electron chi connectivity index (χ4n) is 2.46. The van der Waals surface area contributed by atoms with Crippen LogP contribution < -0.4 is 10.6 Å². The van der Waals surface area contributed by atoms with Crippen LogP contribution in [0.3, 0.4) is 0 Å². The van der Waals surface area contributed by atoms with Crippen molar-refractivity contribution in [1.29, 1.82) is 0 Å². The molecule has 1 atom stereocenters. The zero-order chi connectivity index (χ0) is 13.4. The molecule has 98 valence electrons. The summed E-state index contributed by atoms with van der Waals surface area (Å²) >= 11 is 1.09. The molecule has 1 fully saturated rings. The molecule has 5 heteroatoms. The zero-order valence-corrected chi connectivity index (χ0v) is 11.3. The number of carbonyl (C=O) groups excluding carboxylic acids is 2. The number of hydrogen-bond donors (Lipinski definition) is 2. The molecular weight excluding hydrogens is 260 g/mol. The summed E-state index contributed by atoms with van der Waals surface area (Å²) in [5, 5.41) is 5.15. The van der Waals surface area contributed by atoms with E-state index in [0.717, 1.165) is 29.6 Å². The summed E-state index contributed by atoms with van der Waals surface area (Å²) in [6, 6.07) is 8.07. The molecule has 1 saturated heterocycles. The number of nitrogens with one attached hydrogen (secondary N) is 2. The predicted octanol–water partition coefficient (Wildman–Crippen LogP) is 2.63. The Morgan fingerprint density at radius 1 is 1.32 bits per heavy atom. The SMILES string of the molecule is CC1=C(CC2SC(=O)NC2=O)c2ccccc2NC1.